The maximum atomic E-state index is 11.6. The van der Waals surface area contributed by atoms with Crippen molar-refractivity contribution >= 4 is 35.7 Å². The minimum absolute atomic E-state index is 0.0671. The Bertz CT molecular complexity index is 1280. The predicted molar refractivity (Wildman–Crippen MR) is 143 cm³/mol. The van der Waals surface area contributed by atoms with Crippen LogP contribution in [0.25, 0.3) is 0 Å². The lowest BCUT2D eigenvalue weighted by atomic mass is 10.2. The molecule has 0 unspecified atom stereocenters. The van der Waals surface area contributed by atoms with Crippen LogP contribution in [0.15, 0.2) is 108 Å². The van der Waals surface area contributed by atoms with E-state index in [4.69, 9.17) is 14.4 Å². The van der Waals surface area contributed by atoms with Gasteiger partial charge in [-0.2, -0.15) is 0 Å². The quantitative estimate of drug-likeness (QED) is 0.160. The van der Waals surface area contributed by atoms with Crippen molar-refractivity contribution in [1.29, 1.82) is 0 Å². The van der Waals surface area contributed by atoms with Crippen molar-refractivity contribution in [1.82, 2.24) is 0 Å². The second-order valence-electron chi connectivity index (χ2n) is 7.37. The molecule has 0 aliphatic carbocycles. The van der Waals surface area contributed by atoms with Gasteiger partial charge in [-0.05, 0) is 35.4 Å². The van der Waals surface area contributed by atoms with Crippen molar-refractivity contribution in [3.05, 3.63) is 125 Å². The number of carboxylic acid groups (broad SMARTS) is 2. The highest BCUT2D eigenvalue weighted by Gasteiger charge is 2.17. The first kappa shape index (κ1) is 26.7. The van der Waals surface area contributed by atoms with Gasteiger partial charge in [-0.3, -0.25) is 0 Å². The minimum Gasteiger partial charge on any atom is -0.507 e. The van der Waals surface area contributed by atoms with Crippen LogP contribution in [-0.2, 0) is 11.5 Å². The number of carbonyl (C=O) groups is 2. The summed E-state index contributed by atoms with van der Waals surface area (Å²) >= 11 is 2.83. The molecule has 184 valence electrons. The SMILES string of the molecule is O=C(O)c1cccc(SCc2ccccc2)c1OSCc1ccccc1.O=C(O)c1ccccc1O. The number of aromatic hydroxyl groups is 1. The summed E-state index contributed by atoms with van der Waals surface area (Å²) in [5.74, 6) is -0.473. The molecule has 0 heterocycles. The van der Waals surface area contributed by atoms with Crippen LogP contribution in [0.1, 0.15) is 31.8 Å². The highest BCUT2D eigenvalue weighted by molar-refractivity contribution is 7.98. The Morgan fingerprint density at radius 3 is 1.72 bits per heavy atom. The monoisotopic (exact) mass is 520 g/mol. The Balaban J connectivity index is 0.000000303. The zero-order valence-corrected chi connectivity index (χ0v) is 20.7. The largest absolute Gasteiger partial charge is 0.507 e. The number of para-hydroxylation sites is 2. The van der Waals surface area contributed by atoms with Gasteiger partial charge in [0, 0.05) is 5.75 Å². The Morgan fingerprint density at radius 2 is 1.17 bits per heavy atom. The maximum absolute atomic E-state index is 11.6. The van der Waals surface area contributed by atoms with Crippen molar-refractivity contribution in [3.8, 4) is 11.5 Å². The molecule has 0 fully saturated rings. The van der Waals surface area contributed by atoms with Crippen LogP contribution in [0.2, 0.25) is 0 Å². The minimum atomic E-state index is -1.11. The number of hydrogen-bond acceptors (Lipinski definition) is 6. The Labute approximate surface area is 217 Å². The molecular formula is C28H24O6S2. The van der Waals surface area contributed by atoms with Crippen molar-refractivity contribution < 1.29 is 29.1 Å². The van der Waals surface area contributed by atoms with Crippen LogP contribution in [0, 0.1) is 0 Å². The molecule has 0 saturated heterocycles. The summed E-state index contributed by atoms with van der Waals surface area (Å²) in [6.45, 7) is 0. The standard InChI is InChI=1S/C21H18O3S2.C7H6O3/c22-21(23)18-12-7-13-19(25-14-16-8-3-1-4-9-16)20(18)24-26-15-17-10-5-2-6-11-17;8-6-4-2-1-3-5(6)7(9)10/h1-13H,14-15H2,(H,22,23);1-4,8H,(H,9,10). The first-order chi connectivity index (χ1) is 17.5. The van der Waals surface area contributed by atoms with E-state index in [1.807, 2.05) is 54.6 Å². The second-order valence-corrected chi connectivity index (χ2v) is 9.07. The molecule has 0 saturated carbocycles. The first-order valence-corrected chi connectivity index (χ1v) is 12.7. The molecule has 8 heteroatoms. The van der Waals surface area contributed by atoms with Gasteiger partial charge in [0.25, 0.3) is 0 Å². The van der Waals surface area contributed by atoms with Gasteiger partial charge in [-0.25, -0.2) is 9.59 Å². The summed E-state index contributed by atoms with van der Waals surface area (Å²) in [5.41, 5.74) is 2.43. The molecule has 0 amide bonds. The Kier molecular flexibility index (Phi) is 10.3. The summed E-state index contributed by atoms with van der Waals surface area (Å²) in [6, 6.07) is 31.1. The number of rotatable bonds is 9. The van der Waals surface area contributed by atoms with Gasteiger partial charge in [0.1, 0.15) is 16.9 Å². The molecule has 0 aromatic heterocycles. The topological polar surface area (TPSA) is 104 Å². The van der Waals surface area contributed by atoms with Gasteiger partial charge in [0.05, 0.1) is 22.7 Å². The zero-order chi connectivity index (χ0) is 25.8. The number of phenols is 1. The van der Waals surface area contributed by atoms with Crippen LogP contribution in [0.5, 0.6) is 11.5 Å². The summed E-state index contributed by atoms with van der Waals surface area (Å²) in [5, 5.41) is 26.8. The number of hydrogen-bond donors (Lipinski definition) is 3. The van der Waals surface area contributed by atoms with E-state index >= 15 is 0 Å². The van der Waals surface area contributed by atoms with Gasteiger partial charge < -0.3 is 19.5 Å². The molecule has 0 aliphatic heterocycles. The molecule has 0 aliphatic rings. The van der Waals surface area contributed by atoms with Crippen molar-refractivity contribution in [2.75, 3.05) is 0 Å². The summed E-state index contributed by atoms with van der Waals surface area (Å²) in [6.07, 6.45) is 0. The smallest absolute Gasteiger partial charge is 0.339 e. The van der Waals surface area contributed by atoms with E-state index < -0.39 is 11.9 Å². The third-order valence-electron chi connectivity index (χ3n) is 4.79. The molecule has 36 heavy (non-hydrogen) atoms. The van der Waals surface area contributed by atoms with E-state index in [1.165, 1.54) is 29.7 Å². The van der Waals surface area contributed by atoms with E-state index in [9.17, 15) is 14.7 Å². The first-order valence-electron chi connectivity index (χ1n) is 10.8. The Morgan fingerprint density at radius 1 is 0.639 bits per heavy atom. The zero-order valence-electron chi connectivity index (χ0n) is 19.1. The van der Waals surface area contributed by atoms with Crippen molar-refractivity contribution in [2.45, 2.75) is 16.4 Å². The fraction of sp³-hybridized carbons (Fsp3) is 0.0714. The van der Waals surface area contributed by atoms with Crippen molar-refractivity contribution in [2.24, 2.45) is 0 Å². The predicted octanol–water partition coefficient (Wildman–Crippen LogP) is 6.99. The maximum Gasteiger partial charge on any atom is 0.339 e. The van der Waals surface area contributed by atoms with Crippen LogP contribution < -0.4 is 4.18 Å². The van der Waals surface area contributed by atoms with Crippen molar-refractivity contribution in [3.63, 3.8) is 0 Å². The normalized spacial score (nSPS) is 10.1. The summed E-state index contributed by atoms with van der Waals surface area (Å²) in [4.78, 5) is 22.7. The second kappa shape index (κ2) is 13.9. The van der Waals surface area contributed by atoms with Crippen LogP contribution in [0.3, 0.4) is 0 Å². The molecule has 6 nitrogen and oxygen atoms in total. The molecule has 0 atom stereocenters. The summed E-state index contributed by atoms with van der Waals surface area (Å²) in [7, 11) is 0. The molecular weight excluding hydrogens is 496 g/mol. The third kappa shape index (κ3) is 8.11. The van der Waals surface area contributed by atoms with E-state index in [0.29, 0.717) is 11.5 Å². The van der Waals surface area contributed by atoms with Gasteiger partial charge in [0.2, 0.25) is 0 Å². The van der Waals surface area contributed by atoms with Crippen LogP contribution in [-0.4, -0.2) is 27.3 Å². The lowest BCUT2D eigenvalue weighted by Gasteiger charge is -2.12. The molecule has 4 aromatic carbocycles. The molecule has 0 bridgehead atoms. The van der Waals surface area contributed by atoms with Crippen LogP contribution in [0.4, 0.5) is 0 Å². The third-order valence-corrected chi connectivity index (χ3v) is 6.64. The van der Waals surface area contributed by atoms with Crippen LogP contribution >= 0.6 is 23.8 Å². The van der Waals surface area contributed by atoms with Gasteiger partial charge >= 0.3 is 11.9 Å². The fourth-order valence-electron chi connectivity index (χ4n) is 3.00. The molecule has 4 rings (SSSR count). The Hall–Kier alpha value is -3.88. The lowest BCUT2D eigenvalue weighted by molar-refractivity contribution is 0.0683. The number of thioether (sulfide) groups is 1. The highest BCUT2D eigenvalue weighted by atomic mass is 32.2. The molecule has 0 radical (unpaired) electrons. The van der Waals surface area contributed by atoms with E-state index in [-0.39, 0.29) is 16.9 Å². The average Bonchev–Trinajstić information content (AvgIpc) is 2.89. The molecule has 4 aromatic rings. The lowest BCUT2D eigenvalue weighted by Crippen LogP contribution is -2.01. The fourth-order valence-corrected chi connectivity index (χ4v) is 4.71. The number of aromatic carboxylic acids is 2. The highest BCUT2D eigenvalue weighted by Crippen LogP contribution is 2.37. The van der Waals surface area contributed by atoms with Gasteiger partial charge in [-0.15, -0.1) is 11.8 Å². The summed E-state index contributed by atoms with van der Waals surface area (Å²) < 4.78 is 5.84. The molecule has 3 N–H and O–H groups in total. The van der Waals surface area contributed by atoms with E-state index in [2.05, 4.69) is 12.1 Å². The average molecular weight is 521 g/mol. The van der Waals surface area contributed by atoms with Gasteiger partial charge in [0.15, 0.2) is 5.75 Å². The van der Waals surface area contributed by atoms with E-state index in [1.54, 1.807) is 36.0 Å². The number of benzene rings is 4. The number of carboxylic acids is 2. The van der Waals surface area contributed by atoms with Gasteiger partial charge in [-0.1, -0.05) is 78.9 Å². The van der Waals surface area contributed by atoms with E-state index in [0.717, 1.165) is 16.2 Å². The molecule has 0 spiro atoms.